The first-order valence-corrected chi connectivity index (χ1v) is 6.54. The monoisotopic (exact) mass is 348 g/mol. The molecule has 2 rings (SSSR count). The Morgan fingerprint density at radius 3 is 2.17 bits per heavy atom. The van der Waals surface area contributed by atoms with Gasteiger partial charge < -0.3 is 15.4 Å². The Morgan fingerprint density at radius 1 is 0.913 bits per heavy atom. The van der Waals surface area contributed by atoms with Crippen LogP contribution in [0.25, 0.3) is 0 Å². The van der Waals surface area contributed by atoms with Gasteiger partial charge in [0.2, 0.25) is 0 Å². The summed E-state index contributed by atoms with van der Waals surface area (Å²) in [4.78, 5) is 0. The second-order valence-corrected chi connectivity index (χ2v) is 4.61. The summed E-state index contributed by atoms with van der Waals surface area (Å²) in [6, 6.07) is 7.08. The minimum atomic E-state index is -2.94. The fraction of sp³-hybridized carbons (Fsp3) is 0.0714. The van der Waals surface area contributed by atoms with Gasteiger partial charge >= 0.3 is 6.61 Å². The molecule has 0 amide bonds. The lowest BCUT2D eigenvalue weighted by molar-refractivity contribution is -0.0498. The molecular weight excluding hydrogens is 339 g/mol. The van der Waals surface area contributed by atoms with Crippen LogP contribution < -0.4 is 15.4 Å². The van der Waals surface area contributed by atoms with E-state index in [0.29, 0.717) is 5.69 Å². The molecule has 122 valence electrons. The number of anilines is 2. The summed E-state index contributed by atoms with van der Waals surface area (Å²) in [6.45, 7) is -2.94. The van der Waals surface area contributed by atoms with E-state index >= 15 is 0 Å². The van der Waals surface area contributed by atoms with Crippen LogP contribution in [0.4, 0.5) is 33.3 Å². The highest BCUT2D eigenvalue weighted by Crippen LogP contribution is 2.21. The van der Waals surface area contributed by atoms with Crippen LogP contribution in [-0.4, -0.2) is 11.7 Å². The molecule has 0 saturated heterocycles. The Kier molecular flexibility index (Phi) is 5.32. The van der Waals surface area contributed by atoms with Crippen molar-refractivity contribution in [1.82, 2.24) is 0 Å². The number of nitrogens with one attached hydrogen (secondary N) is 2. The molecule has 0 heterocycles. The van der Waals surface area contributed by atoms with E-state index in [1.54, 1.807) is 0 Å². The van der Waals surface area contributed by atoms with E-state index in [4.69, 9.17) is 12.2 Å². The maximum Gasteiger partial charge on any atom is 0.387 e. The molecular formula is C14H9F5N2OS. The minimum Gasteiger partial charge on any atom is -0.435 e. The summed E-state index contributed by atoms with van der Waals surface area (Å²) in [7, 11) is 0. The average Bonchev–Trinajstić information content (AvgIpc) is 2.49. The van der Waals surface area contributed by atoms with Gasteiger partial charge in [-0.2, -0.15) is 8.78 Å². The van der Waals surface area contributed by atoms with E-state index in [2.05, 4.69) is 15.4 Å². The molecule has 0 atom stereocenters. The molecule has 0 unspecified atom stereocenters. The SMILES string of the molecule is Fc1ccc(NC(=S)Nc2ccc(OC(F)F)cc2)c(F)c1F. The highest BCUT2D eigenvalue weighted by Gasteiger charge is 2.14. The van der Waals surface area contributed by atoms with Crippen LogP contribution in [0.3, 0.4) is 0 Å². The van der Waals surface area contributed by atoms with Crippen LogP contribution in [0.5, 0.6) is 5.75 Å². The third kappa shape index (κ3) is 4.52. The predicted molar refractivity (Wildman–Crippen MR) is 79.2 cm³/mol. The van der Waals surface area contributed by atoms with E-state index in [-0.39, 0.29) is 16.5 Å². The van der Waals surface area contributed by atoms with Crippen LogP contribution in [0.1, 0.15) is 0 Å². The normalized spacial score (nSPS) is 10.5. The fourth-order valence-corrected chi connectivity index (χ4v) is 1.85. The Labute approximate surface area is 133 Å². The van der Waals surface area contributed by atoms with Crippen molar-refractivity contribution < 1.29 is 26.7 Å². The van der Waals surface area contributed by atoms with Gasteiger partial charge in [-0.15, -0.1) is 0 Å². The first kappa shape index (κ1) is 16.9. The first-order valence-electron chi connectivity index (χ1n) is 6.13. The zero-order valence-corrected chi connectivity index (χ0v) is 12.1. The van der Waals surface area contributed by atoms with Crippen LogP contribution in [0.2, 0.25) is 0 Å². The van der Waals surface area contributed by atoms with Gasteiger partial charge in [0.05, 0.1) is 5.69 Å². The molecule has 0 aromatic heterocycles. The number of thiocarbonyl (C=S) groups is 1. The minimum absolute atomic E-state index is 0.0453. The summed E-state index contributed by atoms with van der Waals surface area (Å²) >= 11 is 4.90. The quantitative estimate of drug-likeness (QED) is 0.484. The van der Waals surface area contributed by atoms with Crippen LogP contribution >= 0.6 is 12.2 Å². The van der Waals surface area contributed by atoms with Crippen molar-refractivity contribution in [3.63, 3.8) is 0 Å². The Hall–Kier alpha value is -2.42. The van der Waals surface area contributed by atoms with E-state index in [1.807, 2.05) is 0 Å². The Morgan fingerprint density at radius 2 is 1.57 bits per heavy atom. The van der Waals surface area contributed by atoms with Crippen molar-refractivity contribution in [3.8, 4) is 5.75 Å². The van der Waals surface area contributed by atoms with Gasteiger partial charge in [-0.3, -0.25) is 0 Å². The maximum atomic E-state index is 13.5. The van der Waals surface area contributed by atoms with Crippen LogP contribution in [0.15, 0.2) is 36.4 Å². The highest BCUT2D eigenvalue weighted by atomic mass is 32.1. The van der Waals surface area contributed by atoms with Gasteiger partial charge in [-0.1, -0.05) is 0 Å². The molecule has 0 bridgehead atoms. The molecule has 0 aliphatic rings. The molecule has 0 aliphatic heterocycles. The molecule has 0 fully saturated rings. The van der Waals surface area contributed by atoms with E-state index in [1.165, 1.54) is 24.3 Å². The molecule has 0 radical (unpaired) electrons. The van der Waals surface area contributed by atoms with Gasteiger partial charge in [0.1, 0.15) is 5.75 Å². The van der Waals surface area contributed by atoms with Gasteiger partial charge in [-0.25, -0.2) is 13.2 Å². The number of ether oxygens (including phenoxy) is 1. The van der Waals surface area contributed by atoms with Crippen molar-refractivity contribution >= 4 is 28.7 Å². The predicted octanol–water partition coefficient (Wildman–Crippen LogP) is 4.51. The third-order valence-electron chi connectivity index (χ3n) is 2.62. The number of hydrogen-bond donors (Lipinski definition) is 2. The third-order valence-corrected chi connectivity index (χ3v) is 2.82. The molecule has 3 nitrogen and oxygen atoms in total. The Bertz CT molecular complexity index is 709. The number of alkyl halides is 2. The van der Waals surface area contributed by atoms with E-state index < -0.39 is 24.1 Å². The van der Waals surface area contributed by atoms with Crippen molar-refractivity contribution in [1.29, 1.82) is 0 Å². The zero-order valence-electron chi connectivity index (χ0n) is 11.2. The lowest BCUT2D eigenvalue weighted by Gasteiger charge is -2.12. The molecule has 2 aromatic rings. The average molecular weight is 348 g/mol. The summed E-state index contributed by atoms with van der Waals surface area (Å²) < 4.78 is 67.6. The summed E-state index contributed by atoms with van der Waals surface area (Å²) in [5, 5.41) is 4.89. The number of benzene rings is 2. The van der Waals surface area contributed by atoms with Gasteiger partial charge in [0.15, 0.2) is 22.6 Å². The largest absolute Gasteiger partial charge is 0.435 e. The molecule has 2 aromatic carbocycles. The number of hydrogen-bond acceptors (Lipinski definition) is 2. The standard InChI is InChI=1S/C14H9F5N2OS/c15-9-5-6-10(12(17)11(9)16)21-14(23)20-7-1-3-8(4-2-7)22-13(18)19/h1-6,13H,(H2,20,21,23). The molecule has 0 saturated carbocycles. The Balaban J connectivity index is 2.01. The number of halogens is 5. The summed E-state index contributed by atoms with van der Waals surface area (Å²) in [6.07, 6.45) is 0. The zero-order chi connectivity index (χ0) is 17.0. The van der Waals surface area contributed by atoms with E-state index in [9.17, 15) is 22.0 Å². The molecule has 0 spiro atoms. The number of rotatable bonds is 4. The van der Waals surface area contributed by atoms with Gasteiger partial charge in [0, 0.05) is 5.69 Å². The molecule has 2 N–H and O–H groups in total. The van der Waals surface area contributed by atoms with E-state index in [0.717, 1.165) is 12.1 Å². The van der Waals surface area contributed by atoms with Crippen LogP contribution in [-0.2, 0) is 0 Å². The van der Waals surface area contributed by atoms with Crippen molar-refractivity contribution in [3.05, 3.63) is 53.8 Å². The fourth-order valence-electron chi connectivity index (χ4n) is 1.63. The topological polar surface area (TPSA) is 33.3 Å². The summed E-state index contributed by atoms with van der Waals surface area (Å²) in [5.41, 5.74) is 0.0474. The van der Waals surface area contributed by atoms with Crippen LogP contribution in [0, 0.1) is 17.5 Å². The maximum absolute atomic E-state index is 13.5. The first-order chi connectivity index (χ1) is 10.9. The highest BCUT2D eigenvalue weighted by molar-refractivity contribution is 7.80. The second kappa shape index (κ2) is 7.23. The lowest BCUT2D eigenvalue weighted by atomic mass is 10.3. The van der Waals surface area contributed by atoms with Gasteiger partial charge in [0.25, 0.3) is 0 Å². The molecule has 0 aliphatic carbocycles. The second-order valence-electron chi connectivity index (χ2n) is 4.20. The molecule has 23 heavy (non-hydrogen) atoms. The lowest BCUT2D eigenvalue weighted by Crippen LogP contribution is -2.20. The van der Waals surface area contributed by atoms with Gasteiger partial charge in [-0.05, 0) is 48.6 Å². The smallest absolute Gasteiger partial charge is 0.387 e. The summed E-state index contributed by atoms with van der Waals surface area (Å²) in [5.74, 6) is -4.39. The van der Waals surface area contributed by atoms with Crippen molar-refractivity contribution in [2.75, 3.05) is 10.6 Å². The van der Waals surface area contributed by atoms with Crippen molar-refractivity contribution in [2.24, 2.45) is 0 Å². The molecule has 9 heteroatoms. The van der Waals surface area contributed by atoms with Crippen molar-refractivity contribution in [2.45, 2.75) is 6.61 Å².